The Labute approximate surface area is 117 Å². The van der Waals surface area contributed by atoms with Gasteiger partial charge >= 0.3 is 0 Å². The molecule has 5 heteroatoms. The molecule has 3 rings (SSSR count). The first kappa shape index (κ1) is 12.7. The molecule has 0 amide bonds. The number of hydrogen-bond donors (Lipinski definition) is 1. The van der Waals surface area contributed by atoms with Gasteiger partial charge in [-0.1, -0.05) is 30.3 Å². The number of aryl methyl sites for hydroxylation is 1. The molecule has 0 saturated heterocycles. The van der Waals surface area contributed by atoms with Crippen LogP contribution < -0.4 is 5.32 Å². The van der Waals surface area contributed by atoms with E-state index in [1.807, 2.05) is 37.3 Å². The number of rotatable bonds is 4. The average Bonchev–Trinajstić information content (AvgIpc) is 2.90. The standard InChI is InChI=1S/C15H17N5/c1-3-16-10-12-8-9-15(17-11(12)2)20-14-7-5-4-6-13(14)18-19-20/h4-9,16H,3,10H2,1-2H3. The zero-order chi connectivity index (χ0) is 13.9. The third-order valence-electron chi connectivity index (χ3n) is 3.31. The minimum Gasteiger partial charge on any atom is -0.313 e. The smallest absolute Gasteiger partial charge is 0.156 e. The highest BCUT2D eigenvalue weighted by molar-refractivity contribution is 5.75. The number of fused-ring (bicyclic) bond motifs is 1. The monoisotopic (exact) mass is 267 g/mol. The van der Waals surface area contributed by atoms with Crippen LogP contribution in [-0.4, -0.2) is 26.5 Å². The van der Waals surface area contributed by atoms with Crippen molar-refractivity contribution in [3.63, 3.8) is 0 Å². The second-order valence-electron chi connectivity index (χ2n) is 4.68. The number of pyridine rings is 1. The fourth-order valence-electron chi connectivity index (χ4n) is 2.18. The van der Waals surface area contributed by atoms with Crippen LogP contribution in [0, 0.1) is 6.92 Å². The summed E-state index contributed by atoms with van der Waals surface area (Å²) >= 11 is 0. The first-order chi connectivity index (χ1) is 9.79. The van der Waals surface area contributed by atoms with E-state index in [4.69, 9.17) is 0 Å². The van der Waals surface area contributed by atoms with Gasteiger partial charge in [0.15, 0.2) is 5.82 Å². The van der Waals surface area contributed by atoms with E-state index in [9.17, 15) is 0 Å². The van der Waals surface area contributed by atoms with Crippen molar-refractivity contribution in [2.24, 2.45) is 0 Å². The molecule has 0 fully saturated rings. The first-order valence-corrected chi connectivity index (χ1v) is 6.77. The Kier molecular flexibility index (Phi) is 3.43. The summed E-state index contributed by atoms with van der Waals surface area (Å²) < 4.78 is 1.78. The van der Waals surface area contributed by atoms with Gasteiger partial charge in [-0.15, -0.1) is 5.10 Å². The highest BCUT2D eigenvalue weighted by atomic mass is 15.4. The third kappa shape index (κ3) is 2.28. The van der Waals surface area contributed by atoms with Crippen molar-refractivity contribution < 1.29 is 0 Å². The molecule has 0 bridgehead atoms. The molecular formula is C15H17N5. The summed E-state index contributed by atoms with van der Waals surface area (Å²) in [6.45, 7) is 5.91. The van der Waals surface area contributed by atoms with Crippen LogP contribution in [0.25, 0.3) is 16.9 Å². The molecule has 0 spiro atoms. The van der Waals surface area contributed by atoms with E-state index in [0.29, 0.717) is 0 Å². The van der Waals surface area contributed by atoms with Crippen molar-refractivity contribution in [2.75, 3.05) is 6.54 Å². The summed E-state index contributed by atoms with van der Waals surface area (Å²) in [7, 11) is 0. The number of aromatic nitrogens is 4. The largest absolute Gasteiger partial charge is 0.313 e. The van der Waals surface area contributed by atoms with Crippen LogP contribution in [0.2, 0.25) is 0 Å². The first-order valence-electron chi connectivity index (χ1n) is 6.77. The predicted molar refractivity (Wildman–Crippen MR) is 78.8 cm³/mol. The van der Waals surface area contributed by atoms with Crippen molar-refractivity contribution in [3.8, 4) is 5.82 Å². The van der Waals surface area contributed by atoms with Gasteiger partial charge in [0, 0.05) is 12.2 Å². The third-order valence-corrected chi connectivity index (χ3v) is 3.31. The van der Waals surface area contributed by atoms with E-state index < -0.39 is 0 Å². The Bertz CT molecular complexity index is 732. The van der Waals surface area contributed by atoms with Crippen molar-refractivity contribution >= 4 is 11.0 Å². The van der Waals surface area contributed by atoms with Crippen LogP contribution in [0.5, 0.6) is 0 Å². The van der Waals surface area contributed by atoms with E-state index in [0.717, 1.165) is 35.6 Å². The maximum absolute atomic E-state index is 4.64. The summed E-state index contributed by atoms with van der Waals surface area (Å²) in [6.07, 6.45) is 0. The van der Waals surface area contributed by atoms with Crippen molar-refractivity contribution in [3.05, 3.63) is 47.7 Å². The van der Waals surface area contributed by atoms with Gasteiger partial charge in [0.1, 0.15) is 5.52 Å². The zero-order valence-electron chi connectivity index (χ0n) is 11.7. The Morgan fingerprint density at radius 1 is 1.15 bits per heavy atom. The van der Waals surface area contributed by atoms with Crippen LogP contribution in [-0.2, 0) is 6.54 Å². The molecule has 0 aliphatic carbocycles. The van der Waals surface area contributed by atoms with Gasteiger partial charge in [0.25, 0.3) is 0 Å². The van der Waals surface area contributed by atoms with Crippen LogP contribution in [0.3, 0.4) is 0 Å². The fraction of sp³-hybridized carbons (Fsp3) is 0.267. The number of nitrogens with zero attached hydrogens (tertiary/aromatic N) is 4. The fourth-order valence-corrected chi connectivity index (χ4v) is 2.18. The number of para-hydroxylation sites is 1. The van der Waals surface area contributed by atoms with Gasteiger partial charge in [-0.2, -0.15) is 4.68 Å². The Hall–Kier alpha value is -2.27. The zero-order valence-corrected chi connectivity index (χ0v) is 11.7. The molecule has 1 N–H and O–H groups in total. The molecular weight excluding hydrogens is 250 g/mol. The highest BCUT2D eigenvalue weighted by Gasteiger charge is 2.08. The molecule has 102 valence electrons. The number of hydrogen-bond acceptors (Lipinski definition) is 4. The lowest BCUT2D eigenvalue weighted by Crippen LogP contribution is -2.13. The van der Waals surface area contributed by atoms with E-state index in [2.05, 4.69) is 33.6 Å². The van der Waals surface area contributed by atoms with Crippen molar-refractivity contribution in [1.29, 1.82) is 0 Å². The van der Waals surface area contributed by atoms with Gasteiger partial charge in [-0.05, 0) is 37.2 Å². The molecule has 20 heavy (non-hydrogen) atoms. The lowest BCUT2D eigenvalue weighted by Gasteiger charge is -2.08. The quantitative estimate of drug-likeness (QED) is 0.787. The minimum atomic E-state index is 0.802. The van der Waals surface area contributed by atoms with Crippen molar-refractivity contribution in [2.45, 2.75) is 20.4 Å². The van der Waals surface area contributed by atoms with E-state index in [1.165, 1.54) is 5.56 Å². The molecule has 0 unspecified atom stereocenters. The summed E-state index contributed by atoms with van der Waals surface area (Å²) in [6, 6.07) is 12.0. The van der Waals surface area contributed by atoms with E-state index >= 15 is 0 Å². The van der Waals surface area contributed by atoms with Gasteiger partial charge in [0.05, 0.1) is 5.52 Å². The molecule has 0 aliphatic heterocycles. The molecule has 0 aliphatic rings. The molecule has 2 heterocycles. The van der Waals surface area contributed by atoms with Crippen LogP contribution >= 0.6 is 0 Å². The Morgan fingerprint density at radius 3 is 2.80 bits per heavy atom. The SMILES string of the molecule is CCNCc1ccc(-n2nnc3ccccc32)nc1C. The Morgan fingerprint density at radius 2 is 2.00 bits per heavy atom. The van der Waals surface area contributed by atoms with Gasteiger partial charge < -0.3 is 5.32 Å². The molecule has 0 radical (unpaired) electrons. The lowest BCUT2D eigenvalue weighted by atomic mass is 10.2. The molecule has 0 saturated carbocycles. The van der Waals surface area contributed by atoms with Gasteiger partial charge in [-0.25, -0.2) is 4.98 Å². The molecule has 2 aromatic heterocycles. The normalized spacial score (nSPS) is 11.1. The maximum atomic E-state index is 4.64. The average molecular weight is 267 g/mol. The second-order valence-corrected chi connectivity index (χ2v) is 4.68. The Balaban J connectivity index is 2.00. The van der Waals surface area contributed by atoms with Crippen LogP contribution in [0.1, 0.15) is 18.2 Å². The highest BCUT2D eigenvalue weighted by Crippen LogP contribution is 2.16. The van der Waals surface area contributed by atoms with Crippen LogP contribution in [0.15, 0.2) is 36.4 Å². The number of nitrogens with one attached hydrogen (secondary N) is 1. The minimum absolute atomic E-state index is 0.802. The number of benzene rings is 1. The molecule has 1 aromatic carbocycles. The van der Waals surface area contributed by atoms with Crippen LogP contribution in [0.4, 0.5) is 0 Å². The summed E-state index contributed by atoms with van der Waals surface area (Å²) in [5, 5.41) is 11.7. The topological polar surface area (TPSA) is 55.6 Å². The second kappa shape index (κ2) is 5.38. The molecule has 5 nitrogen and oxygen atoms in total. The van der Waals surface area contributed by atoms with E-state index in [-0.39, 0.29) is 0 Å². The van der Waals surface area contributed by atoms with Crippen molar-refractivity contribution in [1.82, 2.24) is 25.3 Å². The maximum Gasteiger partial charge on any atom is 0.156 e. The predicted octanol–water partition coefficient (Wildman–Crippen LogP) is 2.23. The lowest BCUT2D eigenvalue weighted by molar-refractivity contribution is 0.716. The van der Waals surface area contributed by atoms with E-state index in [1.54, 1.807) is 4.68 Å². The summed E-state index contributed by atoms with van der Waals surface area (Å²) in [5.74, 6) is 0.802. The van der Waals surface area contributed by atoms with Gasteiger partial charge in [-0.3, -0.25) is 0 Å². The summed E-state index contributed by atoms with van der Waals surface area (Å²) in [5.41, 5.74) is 4.07. The molecule has 0 atom stereocenters. The summed E-state index contributed by atoms with van der Waals surface area (Å²) in [4.78, 5) is 4.64. The van der Waals surface area contributed by atoms with Gasteiger partial charge in [0.2, 0.25) is 0 Å². The molecule has 3 aromatic rings.